The Hall–Kier alpha value is -1.77. The number of carbonyl (C=O) groups excluding carboxylic acids is 1. The Morgan fingerprint density at radius 1 is 0.929 bits per heavy atom. The Labute approximate surface area is 159 Å². The molecule has 2 aliphatic rings. The van der Waals surface area contributed by atoms with Gasteiger partial charge in [-0.05, 0) is 49.6 Å². The number of halogens is 6. The van der Waals surface area contributed by atoms with Crippen molar-refractivity contribution < 1.29 is 31.1 Å². The number of nitrogens with zero attached hydrogens (tertiary/aromatic N) is 2. The minimum absolute atomic E-state index is 0.0000879. The summed E-state index contributed by atoms with van der Waals surface area (Å²) in [5.41, 5.74) is -2.59. The molecule has 0 radical (unpaired) electrons. The highest BCUT2D eigenvalue weighted by atomic mass is 19.4. The van der Waals surface area contributed by atoms with Gasteiger partial charge in [0.15, 0.2) is 0 Å². The van der Waals surface area contributed by atoms with E-state index in [4.69, 9.17) is 0 Å². The van der Waals surface area contributed by atoms with E-state index in [0.717, 1.165) is 31.4 Å². The lowest BCUT2D eigenvalue weighted by molar-refractivity contribution is -0.143. The molecule has 1 aromatic rings. The molecule has 0 bridgehead atoms. The maximum absolute atomic E-state index is 13.1. The van der Waals surface area contributed by atoms with Gasteiger partial charge in [0.25, 0.3) is 0 Å². The lowest BCUT2D eigenvalue weighted by Crippen LogP contribution is -2.44. The quantitative estimate of drug-likeness (QED) is 0.663. The SMILES string of the molecule is CC(=O)N1CC[C@H]2[C@@H]1CCCCN2Cc1cc(C(F)(F)F)cc(C(F)(F)F)c1. The van der Waals surface area contributed by atoms with E-state index in [2.05, 4.69) is 0 Å². The lowest BCUT2D eigenvalue weighted by atomic mass is 10.0. The number of rotatable bonds is 2. The van der Waals surface area contributed by atoms with Crippen LogP contribution in [0.1, 0.15) is 49.3 Å². The molecule has 1 amide bonds. The van der Waals surface area contributed by atoms with Crippen LogP contribution in [-0.2, 0) is 23.7 Å². The van der Waals surface area contributed by atoms with E-state index in [-0.39, 0.29) is 36.2 Å². The number of alkyl halides is 6. The average Bonchev–Trinajstić information content (AvgIpc) is 2.90. The molecule has 2 aliphatic heterocycles. The van der Waals surface area contributed by atoms with E-state index < -0.39 is 23.5 Å². The van der Waals surface area contributed by atoms with Crippen molar-refractivity contribution in [2.45, 2.75) is 63.6 Å². The standard InChI is InChI=1S/C19H22F6N2O/c1-12(28)27-7-5-16-17(27)4-2-3-6-26(16)11-13-8-14(18(20,21)22)10-15(9-13)19(23,24)25/h8-10,16-17H,2-7,11H2,1H3/t16-,17-/m0/s1. The molecule has 0 N–H and O–H groups in total. The van der Waals surface area contributed by atoms with Crippen LogP contribution >= 0.6 is 0 Å². The summed E-state index contributed by atoms with van der Waals surface area (Å²) in [6.07, 6.45) is -6.56. The van der Waals surface area contributed by atoms with Crippen molar-refractivity contribution in [2.24, 2.45) is 0 Å². The number of amides is 1. The van der Waals surface area contributed by atoms with Gasteiger partial charge in [0, 0.05) is 32.1 Å². The Morgan fingerprint density at radius 2 is 1.54 bits per heavy atom. The minimum atomic E-state index is -4.85. The van der Waals surface area contributed by atoms with Gasteiger partial charge in [0.2, 0.25) is 5.91 Å². The zero-order chi connectivity index (χ0) is 20.7. The summed E-state index contributed by atoms with van der Waals surface area (Å²) in [5, 5.41) is 0. The Morgan fingerprint density at radius 3 is 2.07 bits per heavy atom. The van der Waals surface area contributed by atoms with Crippen molar-refractivity contribution in [1.82, 2.24) is 9.80 Å². The predicted octanol–water partition coefficient (Wildman–Crippen LogP) is 4.70. The molecule has 28 heavy (non-hydrogen) atoms. The van der Waals surface area contributed by atoms with Crippen LogP contribution in [0.3, 0.4) is 0 Å². The van der Waals surface area contributed by atoms with E-state index in [0.29, 0.717) is 19.5 Å². The van der Waals surface area contributed by atoms with E-state index in [1.54, 1.807) is 4.90 Å². The van der Waals surface area contributed by atoms with Crippen molar-refractivity contribution in [1.29, 1.82) is 0 Å². The molecule has 3 nitrogen and oxygen atoms in total. The number of carbonyl (C=O) groups is 1. The van der Waals surface area contributed by atoms with Crippen molar-refractivity contribution in [3.05, 3.63) is 34.9 Å². The highest BCUT2D eigenvalue weighted by Crippen LogP contribution is 2.37. The fourth-order valence-electron chi connectivity index (χ4n) is 4.38. The third-order valence-electron chi connectivity index (χ3n) is 5.61. The number of hydrogen-bond acceptors (Lipinski definition) is 2. The van der Waals surface area contributed by atoms with Gasteiger partial charge in [0.1, 0.15) is 0 Å². The first-order valence-corrected chi connectivity index (χ1v) is 9.26. The van der Waals surface area contributed by atoms with Crippen LogP contribution in [0.4, 0.5) is 26.3 Å². The first kappa shape index (κ1) is 21.0. The summed E-state index contributed by atoms with van der Waals surface area (Å²) in [6, 6.07) is 1.67. The van der Waals surface area contributed by atoms with Crippen LogP contribution in [0.5, 0.6) is 0 Å². The number of fused-ring (bicyclic) bond motifs is 1. The monoisotopic (exact) mass is 408 g/mol. The molecule has 2 atom stereocenters. The molecular weight excluding hydrogens is 386 g/mol. The summed E-state index contributed by atoms with van der Waals surface area (Å²) in [7, 11) is 0. The van der Waals surface area contributed by atoms with Crippen LogP contribution in [0.2, 0.25) is 0 Å². The molecule has 9 heteroatoms. The predicted molar refractivity (Wildman–Crippen MR) is 90.3 cm³/mol. The second-order valence-electron chi connectivity index (χ2n) is 7.52. The van der Waals surface area contributed by atoms with Crippen LogP contribution in [0.15, 0.2) is 18.2 Å². The van der Waals surface area contributed by atoms with E-state index >= 15 is 0 Å². The Bertz CT molecular complexity index is 698. The largest absolute Gasteiger partial charge is 0.416 e. The van der Waals surface area contributed by atoms with E-state index in [1.165, 1.54) is 6.92 Å². The summed E-state index contributed by atoms with van der Waals surface area (Å²) in [4.78, 5) is 15.6. The summed E-state index contributed by atoms with van der Waals surface area (Å²) < 4.78 is 78.7. The molecule has 0 unspecified atom stereocenters. The van der Waals surface area contributed by atoms with Gasteiger partial charge in [-0.2, -0.15) is 26.3 Å². The van der Waals surface area contributed by atoms with Crippen LogP contribution in [0, 0.1) is 0 Å². The molecule has 2 fully saturated rings. The Kier molecular flexibility index (Phi) is 5.67. The summed E-state index contributed by atoms with van der Waals surface area (Å²) in [5.74, 6) is -0.0484. The third kappa shape index (κ3) is 4.45. The highest BCUT2D eigenvalue weighted by Gasteiger charge is 2.41. The smallest absolute Gasteiger partial charge is 0.338 e. The normalized spacial score (nSPS) is 24.2. The van der Waals surface area contributed by atoms with Gasteiger partial charge in [0.05, 0.1) is 11.1 Å². The zero-order valence-corrected chi connectivity index (χ0v) is 15.4. The number of hydrogen-bond donors (Lipinski definition) is 0. The molecule has 2 heterocycles. The van der Waals surface area contributed by atoms with Crippen molar-refractivity contribution in [2.75, 3.05) is 13.1 Å². The molecule has 1 aromatic carbocycles. The zero-order valence-electron chi connectivity index (χ0n) is 15.4. The van der Waals surface area contributed by atoms with Gasteiger partial charge >= 0.3 is 12.4 Å². The molecule has 0 aromatic heterocycles. The van der Waals surface area contributed by atoms with Gasteiger partial charge in [-0.3, -0.25) is 9.69 Å². The second kappa shape index (κ2) is 7.57. The Balaban J connectivity index is 1.90. The van der Waals surface area contributed by atoms with Crippen LogP contribution < -0.4 is 0 Å². The molecule has 3 rings (SSSR count). The minimum Gasteiger partial charge on any atom is -0.338 e. The highest BCUT2D eigenvalue weighted by molar-refractivity contribution is 5.74. The molecule has 156 valence electrons. The van der Waals surface area contributed by atoms with Gasteiger partial charge in [-0.25, -0.2) is 0 Å². The molecule has 2 saturated heterocycles. The molecule has 0 saturated carbocycles. The molecular formula is C19H22F6N2O. The van der Waals surface area contributed by atoms with E-state index in [1.807, 2.05) is 4.90 Å². The van der Waals surface area contributed by atoms with Crippen molar-refractivity contribution in [3.63, 3.8) is 0 Å². The van der Waals surface area contributed by atoms with Crippen molar-refractivity contribution in [3.8, 4) is 0 Å². The van der Waals surface area contributed by atoms with Gasteiger partial charge in [-0.1, -0.05) is 6.42 Å². The fourth-order valence-corrected chi connectivity index (χ4v) is 4.38. The van der Waals surface area contributed by atoms with E-state index in [9.17, 15) is 31.1 Å². The number of benzene rings is 1. The maximum Gasteiger partial charge on any atom is 0.416 e. The molecule has 0 spiro atoms. The lowest BCUT2D eigenvalue weighted by Gasteiger charge is -2.33. The van der Waals surface area contributed by atoms with Crippen LogP contribution in [-0.4, -0.2) is 40.9 Å². The summed E-state index contributed by atoms with van der Waals surface area (Å²) >= 11 is 0. The fraction of sp³-hybridized carbons (Fsp3) is 0.632. The van der Waals surface area contributed by atoms with Gasteiger partial charge in [-0.15, -0.1) is 0 Å². The van der Waals surface area contributed by atoms with Crippen molar-refractivity contribution >= 4 is 5.91 Å². The number of likely N-dealkylation sites (tertiary alicyclic amines) is 2. The third-order valence-corrected chi connectivity index (χ3v) is 5.61. The second-order valence-corrected chi connectivity index (χ2v) is 7.52. The molecule has 0 aliphatic carbocycles. The topological polar surface area (TPSA) is 23.6 Å². The first-order valence-electron chi connectivity index (χ1n) is 9.26. The average molecular weight is 408 g/mol. The van der Waals surface area contributed by atoms with Gasteiger partial charge < -0.3 is 4.90 Å². The maximum atomic E-state index is 13.1. The summed E-state index contributed by atoms with van der Waals surface area (Å²) in [6.45, 7) is 2.64. The first-order chi connectivity index (χ1) is 13.0. The van der Waals surface area contributed by atoms with Crippen LogP contribution in [0.25, 0.3) is 0 Å².